The lowest BCUT2D eigenvalue weighted by molar-refractivity contribution is 0.0592. The molecule has 0 heterocycles. The van der Waals surface area contributed by atoms with Gasteiger partial charge in [-0.1, -0.05) is 42.5 Å². The lowest BCUT2D eigenvalue weighted by Gasteiger charge is -2.10. The van der Waals surface area contributed by atoms with Crippen molar-refractivity contribution in [2.45, 2.75) is 6.92 Å². The Balaban J connectivity index is 1.87. The number of carbonyl (C=O) groups is 2. The highest BCUT2D eigenvalue weighted by atomic mass is 16.5. The van der Waals surface area contributed by atoms with Crippen LogP contribution < -0.4 is 0 Å². The first-order chi connectivity index (χ1) is 13.0. The lowest BCUT2D eigenvalue weighted by atomic mass is 9.95. The predicted molar refractivity (Wildman–Crippen MR) is 105 cm³/mol. The second-order valence-corrected chi connectivity index (χ2v) is 6.17. The zero-order valence-electron chi connectivity index (χ0n) is 15.5. The molecule has 0 aliphatic carbocycles. The molecule has 0 aliphatic heterocycles. The third kappa shape index (κ3) is 3.90. The molecule has 0 aliphatic rings. The van der Waals surface area contributed by atoms with Crippen LogP contribution in [0.1, 0.15) is 26.3 Å². The van der Waals surface area contributed by atoms with E-state index in [0.29, 0.717) is 11.1 Å². The van der Waals surface area contributed by atoms with Crippen molar-refractivity contribution in [2.75, 3.05) is 14.2 Å². The molecule has 27 heavy (non-hydrogen) atoms. The third-order valence-corrected chi connectivity index (χ3v) is 4.48. The van der Waals surface area contributed by atoms with Crippen molar-refractivity contribution in [1.29, 1.82) is 0 Å². The van der Waals surface area contributed by atoms with Crippen LogP contribution in [0.2, 0.25) is 0 Å². The second kappa shape index (κ2) is 7.87. The van der Waals surface area contributed by atoms with Crippen molar-refractivity contribution < 1.29 is 19.1 Å². The van der Waals surface area contributed by atoms with Crippen molar-refractivity contribution in [2.24, 2.45) is 0 Å². The maximum atomic E-state index is 11.6. The Morgan fingerprint density at radius 3 is 1.52 bits per heavy atom. The fourth-order valence-corrected chi connectivity index (χ4v) is 2.99. The molecule has 0 saturated heterocycles. The van der Waals surface area contributed by atoms with Crippen molar-refractivity contribution in [3.63, 3.8) is 0 Å². The summed E-state index contributed by atoms with van der Waals surface area (Å²) in [6.07, 6.45) is 0. The molecule has 3 rings (SSSR count). The first-order valence-corrected chi connectivity index (χ1v) is 8.51. The van der Waals surface area contributed by atoms with E-state index in [2.05, 4.69) is 19.1 Å². The first-order valence-electron chi connectivity index (χ1n) is 8.51. The van der Waals surface area contributed by atoms with Crippen LogP contribution in [0.3, 0.4) is 0 Å². The quantitative estimate of drug-likeness (QED) is 0.621. The standard InChI is InChI=1S/C23H20O4/c1-15-14-20(16-4-8-18(9-5-16)22(24)26-2)12-13-21(15)17-6-10-19(11-7-17)23(25)27-3/h4-14H,1-3H3. The predicted octanol–water partition coefficient (Wildman–Crippen LogP) is 4.90. The second-order valence-electron chi connectivity index (χ2n) is 6.17. The Labute approximate surface area is 158 Å². The van der Waals surface area contributed by atoms with Crippen LogP contribution in [0.4, 0.5) is 0 Å². The molecular formula is C23H20O4. The lowest BCUT2D eigenvalue weighted by Crippen LogP contribution is -2.00. The van der Waals surface area contributed by atoms with Crippen molar-refractivity contribution in [3.05, 3.63) is 83.4 Å². The Hall–Kier alpha value is -3.40. The fraction of sp³-hybridized carbons (Fsp3) is 0.130. The largest absolute Gasteiger partial charge is 0.465 e. The topological polar surface area (TPSA) is 52.6 Å². The minimum absolute atomic E-state index is 0.343. The van der Waals surface area contributed by atoms with E-state index < -0.39 is 0 Å². The number of hydrogen-bond acceptors (Lipinski definition) is 4. The molecule has 0 atom stereocenters. The van der Waals surface area contributed by atoms with Gasteiger partial charge in [0.05, 0.1) is 25.3 Å². The van der Waals surface area contributed by atoms with E-state index in [1.165, 1.54) is 14.2 Å². The fourth-order valence-electron chi connectivity index (χ4n) is 2.99. The van der Waals surface area contributed by atoms with Crippen LogP contribution in [-0.4, -0.2) is 26.2 Å². The maximum Gasteiger partial charge on any atom is 0.337 e. The van der Waals surface area contributed by atoms with Gasteiger partial charge in [-0.25, -0.2) is 9.59 Å². The molecule has 0 unspecified atom stereocenters. The number of benzene rings is 3. The molecular weight excluding hydrogens is 340 g/mol. The van der Waals surface area contributed by atoms with Gasteiger partial charge in [0.1, 0.15) is 0 Å². The normalized spacial score (nSPS) is 10.3. The summed E-state index contributed by atoms with van der Waals surface area (Å²) in [6, 6.07) is 20.9. The molecule has 0 N–H and O–H groups in total. The van der Waals surface area contributed by atoms with Gasteiger partial charge >= 0.3 is 11.9 Å². The summed E-state index contributed by atoms with van der Waals surface area (Å²) in [4.78, 5) is 23.1. The third-order valence-electron chi connectivity index (χ3n) is 4.48. The van der Waals surface area contributed by atoms with Crippen LogP contribution in [0, 0.1) is 6.92 Å². The van der Waals surface area contributed by atoms with Crippen LogP contribution in [-0.2, 0) is 9.47 Å². The van der Waals surface area contributed by atoms with E-state index in [1.54, 1.807) is 24.3 Å². The molecule has 4 heteroatoms. The first kappa shape index (κ1) is 18.4. The van der Waals surface area contributed by atoms with Gasteiger partial charge in [0, 0.05) is 0 Å². The molecule has 3 aromatic rings. The minimum Gasteiger partial charge on any atom is -0.465 e. The molecule has 0 aromatic heterocycles. The van der Waals surface area contributed by atoms with E-state index in [4.69, 9.17) is 9.47 Å². The molecule has 3 aromatic carbocycles. The average molecular weight is 360 g/mol. The van der Waals surface area contributed by atoms with Crippen molar-refractivity contribution in [3.8, 4) is 22.3 Å². The van der Waals surface area contributed by atoms with Gasteiger partial charge in [0.25, 0.3) is 0 Å². The van der Waals surface area contributed by atoms with Crippen LogP contribution in [0.5, 0.6) is 0 Å². The van der Waals surface area contributed by atoms with Crippen LogP contribution in [0.25, 0.3) is 22.3 Å². The highest BCUT2D eigenvalue weighted by Crippen LogP contribution is 2.29. The monoisotopic (exact) mass is 360 g/mol. The highest BCUT2D eigenvalue weighted by Gasteiger charge is 2.09. The van der Waals surface area contributed by atoms with E-state index in [-0.39, 0.29) is 11.9 Å². The number of esters is 2. The average Bonchev–Trinajstić information content (AvgIpc) is 2.72. The van der Waals surface area contributed by atoms with Gasteiger partial charge < -0.3 is 9.47 Å². The molecule has 4 nitrogen and oxygen atoms in total. The number of aryl methyl sites for hydroxylation is 1. The van der Waals surface area contributed by atoms with Gasteiger partial charge in [-0.15, -0.1) is 0 Å². The molecule has 0 amide bonds. The Morgan fingerprint density at radius 2 is 1.07 bits per heavy atom. The summed E-state index contributed by atoms with van der Waals surface area (Å²) < 4.78 is 9.46. The van der Waals surface area contributed by atoms with Gasteiger partial charge in [0.2, 0.25) is 0 Å². The highest BCUT2D eigenvalue weighted by molar-refractivity contribution is 5.91. The number of hydrogen-bond donors (Lipinski definition) is 0. The summed E-state index contributed by atoms with van der Waals surface area (Å²) >= 11 is 0. The molecule has 136 valence electrons. The van der Waals surface area contributed by atoms with Gasteiger partial charge in [-0.05, 0) is 59.0 Å². The Kier molecular flexibility index (Phi) is 5.36. The van der Waals surface area contributed by atoms with E-state index in [9.17, 15) is 9.59 Å². The van der Waals surface area contributed by atoms with E-state index >= 15 is 0 Å². The summed E-state index contributed by atoms with van der Waals surface area (Å²) in [5.74, 6) is -0.687. The number of ether oxygens (including phenoxy) is 2. The summed E-state index contributed by atoms with van der Waals surface area (Å²) in [7, 11) is 2.74. The summed E-state index contributed by atoms with van der Waals surface area (Å²) in [6.45, 7) is 2.05. The Bertz CT molecular complexity index is 970. The van der Waals surface area contributed by atoms with Gasteiger partial charge in [-0.2, -0.15) is 0 Å². The van der Waals surface area contributed by atoms with E-state index in [1.807, 2.05) is 30.3 Å². The van der Waals surface area contributed by atoms with E-state index in [0.717, 1.165) is 27.8 Å². The number of methoxy groups -OCH3 is 2. The smallest absolute Gasteiger partial charge is 0.337 e. The molecule has 0 fully saturated rings. The summed E-state index contributed by atoms with van der Waals surface area (Å²) in [5, 5.41) is 0. The van der Waals surface area contributed by atoms with Gasteiger partial charge in [-0.3, -0.25) is 0 Å². The van der Waals surface area contributed by atoms with Crippen LogP contribution in [0.15, 0.2) is 66.7 Å². The zero-order chi connectivity index (χ0) is 19.4. The molecule has 0 radical (unpaired) electrons. The summed E-state index contributed by atoms with van der Waals surface area (Å²) in [5.41, 5.74) is 6.41. The minimum atomic E-state index is -0.344. The van der Waals surface area contributed by atoms with Crippen molar-refractivity contribution >= 4 is 11.9 Å². The molecule has 0 bridgehead atoms. The maximum absolute atomic E-state index is 11.6. The van der Waals surface area contributed by atoms with Gasteiger partial charge in [0.15, 0.2) is 0 Å². The molecule has 0 saturated carbocycles. The number of rotatable bonds is 4. The zero-order valence-corrected chi connectivity index (χ0v) is 15.5. The number of carbonyl (C=O) groups excluding carboxylic acids is 2. The Morgan fingerprint density at radius 1 is 0.630 bits per heavy atom. The van der Waals surface area contributed by atoms with Crippen molar-refractivity contribution in [1.82, 2.24) is 0 Å². The molecule has 0 spiro atoms. The SMILES string of the molecule is COC(=O)c1ccc(-c2ccc(-c3ccc(C(=O)OC)cc3)c(C)c2)cc1. The van der Waals surface area contributed by atoms with Crippen LogP contribution >= 0.6 is 0 Å².